The highest BCUT2D eigenvalue weighted by atomic mass is 32.1. The van der Waals surface area contributed by atoms with E-state index >= 15 is 0 Å². The van der Waals surface area contributed by atoms with Crippen molar-refractivity contribution in [2.45, 2.75) is 32.4 Å². The number of aliphatic hydroxyl groups excluding tert-OH is 1. The smallest absolute Gasteiger partial charge is 0.391 e. The Morgan fingerprint density at radius 3 is 2.53 bits per heavy atom. The Hall–Kier alpha value is -0.820. The summed E-state index contributed by atoms with van der Waals surface area (Å²) < 4.78 is 37.7. The van der Waals surface area contributed by atoms with Gasteiger partial charge < -0.3 is 10.0 Å². The Bertz CT molecular complexity index is 425. The molecule has 108 valence electrons. The van der Waals surface area contributed by atoms with E-state index in [-0.39, 0.29) is 19.4 Å². The molecule has 2 heterocycles. The van der Waals surface area contributed by atoms with Crippen LogP contribution in [0.3, 0.4) is 0 Å². The summed E-state index contributed by atoms with van der Waals surface area (Å²) in [6.45, 7) is 2.76. The molecular formula is C12H17F3N2OS. The fourth-order valence-corrected chi connectivity index (χ4v) is 3.29. The molecule has 0 atom stereocenters. The number of piperidine rings is 1. The number of halogens is 3. The molecule has 1 aromatic heterocycles. The third kappa shape index (κ3) is 3.39. The van der Waals surface area contributed by atoms with Crippen LogP contribution >= 0.6 is 11.3 Å². The summed E-state index contributed by atoms with van der Waals surface area (Å²) in [5.74, 6) is -1.18. The number of aromatic nitrogens is 1. The van der Waals surface area contributed by atoms with Crippen LogP contribution in [0.25, 0.3) is 0 Å². The van der Waals surface area contributed by atoms with Crippen LogP contribution in [0, 0.1) is 12.8 Å². The average molecular weight is 294 g/mol. The number of aryl methyl sites for hydroxylation is 1. The summed E-state index contributed by atoms with van der Waals surface area (Å²) in [5.41, 5.74) is 0.848. The second-order valence-corrected chi connectivity index (χ2v) is 5.96. The number of alkyl halides is 3. The van der Waals surface area contributed by atoms with E-state index in [0.717, 1.165) is 15.7 Å². The van der Waals surface area contributed by atoms with Crippen LogP contribution in [-0.4, -0.2) is 36.0 Å². The number of anilines is 1. The molecule has 19 heavy (non-hydrogen) atoms. The lowest BCUT2D eigenvalue weighted by atomic mass is 9.97. The highest BCUT2D eigenvalue weighted by Gasteiger charge is 2.41. The molecule has 2 rings (SSSR count). The van der Waals surface area contributed by atoms with E-state index in [1.54, 1.807) is 0 Å². The standard InChI is InChI=1S/C12H17F3N2OS/c1-8-10(4-7-18)16-11(19-8)17-5-2-9(3-6-17)12(13,14)15/h9,18H,2-7H2,1H3. The van der Waals surface area contributed by atoms with Crippen molar-refractivity contribution in [2.24, 2.45) is 5.92 Å². The molecule has 1 aromatic rings. The molecule has 0 aliphatic carbocycles. The summed E-state index contributed by atoms with van der Waals surface area (Å²) >= 11 is 1.49. The van der Waals surface area contributed by atoms with Crippen LogP contribution in [0.1, 0.15) is 23.4 Å². The second kappa shape index (κ2) is 5.66. The van der Waals surface area contributed by atoms with Gasteiger partial charge in [0.25, 0.3) is 0 Å². The van der Waals surface area contributed by atoms with Crippen molar-refractivity contribution in [3.8, 4) is 0 Å². The fourth-order valence-electron chi connectivity index (χ4n) is 2.28. The van der Waals surface area contributed by atoms with Gasteiger partial charge in [-0.2, -0.15) is 13.2 Å². The largest absolute Gasteiger partial charge is 0.396 e. The number of nitrogens with zero attached hydrogens (tertiary/aromatic N) is 2. The molecule has 0 unspecified atom stereocenters. The molecule has 0 bridgehead atoms. The molecule has 0 spiro atoms. The topological polar surface area (TPSA) is 36.4 Å². The van der Waals surface area contributed by atoms with Gasteiger partial charge in [0.1, 0.15) is 0 Å². The van der Waals surface area contributed by atoms with Crippen molar-refractivity contribution in [3.05, 3.63) is 10.6 Å². The molecule has 1 N–H and O–H groups in total. The van der Waals surface area contributed by atoms with Gasteiger partial charge in [-0.05, 0) is 19.8 Å². The maximum Gasteiger partial charge on any atom is 0.391 e. The Labute approximate surface area is 114 Å². The first-order valence-corrected chi connectivity index (χ1v) is 7.12. The molecule has 1 fully saturated rings. The zero-order valence-electron chi connectivity index (χ0n) is 10.7. The first-order valence-electron chi connectivity index (χ1n) is 6.30. The first-order chi connectivity index (χ1) is 8.91. The summed E-state index contributed by atoms with van der Waals surface area (Å²) in [7, 11) is 0. The Balaban J connectivity index is 2.00. The SMILES string of the molecule is Cc1sc(N2CCC(C(F)(F)F)CC2)nc1CCO. The molecule has 1 aliphatic rings. The molecule has 0 radical (unpaired) electrons. The van der Waals surface area contributed by atoms with Gasteiger partial charge in [0.15, 0.2) is 5.13 Å². The predicted molar refractivity (Wildman–Crippen MR) is 68.6 cm³/mol. The second-order valence-electron chi connectivity index (χ2n) is 4.78. The van der Waals surface area contributed by atoms with Gasteiger partial charge in [-0.1, -0.05) is 0 Å². The van der Waals surface area contributed by atoms with Gasteiger partial charge in [-0.25, -0.2) is 4.98 Å². The normalized spacial score (nSPS) is 18.1. The molecular weight excluding hydrogens is 277 g/mol. The van der Waals surface area contributed by atoms with E-state index in [1.165, 1.54) is 11.3 Å². The van der Waals surface area contributed by atoms with Crippen LogP contribution in [-0.2, 0) is 6.42 Å². The monoisotopic (exact) mass is 294 g/mol. The van der Waals surface area contributed by atoms with Crippen LogP contribution in [0.4, 0.5) is 18.3 Å². The number of hydrogen-bond donors (Lipinski definition) is 1. The van der Waals surface area contributed by atoms with E-state index < -0.39 is 12.1 Å². The summed E-state index contributed by atoms with van der Waals surface area (Å²) in [4.78, 5) is 7.36. The molecule has 0 saturated carbocycles. The highest BCUT2D eigenvalue weighted by molar-refractivity contribution is 7.15. The summed E-state index contributed by atoms with van der Waals surface area (Å²) in [6.07, 6.45) is -3.30. The fraction of sp³-hybridized carbons (Fsp3) is 0.750. The van der Waals surface area contributed by atoms with Crippen LogP contribution in [0.5, 0.6) is 0 Å². The number of rotatable bonds is 3. The van der Waals surface area contributed by atoms with Crippen molar-refractivity contribution in [1.82, 2.24) is 4.98 Å². The van der Waals surface area contributed by atoms with Gasteiger partial charge in [-0.15, -0.1) is 11.3 Å². The Morgan fingerprint density at radius 1 is 1.37 bits per heavy atom. The van der Waals surface area contributed by atoms with Gasteiger partial charge in [0, 0.05) is 31.0 Å². The molecule has 7 heteroatoms. The maximum absolute atomic E-state index is 12.6. The lowest BCUT2D eigenvalue weighted by Crippen LogP contribution is -2.38. The molecule has 0 amide bonds. The van der Waals surface area contributed by atoms with E-state index in [0.29, 0.717) is 19.5 Å². The Morgan fingerprint density at radius 2 is 2.00 bits per heavy atom. The van der Waals surface area contributed by atoms with Gasteiger partial charge in [-0.3, -0.25) is 0 Å². The van der Waals surface area contributed by atoms with E-state index in [9.17, 15) is 13.2 Å². The van der Waals surface area contributed by atoms with Gasteiger partial charge in [0.05, 0.1) is 11.6 Å². The lowest BCUT2D eigenvalue weighted by Gasteiger charge is -2.32. The van der Waals surface area contributed by atoms with E-state index in [4.69, 9.17) is 5.11 Å². The predicted octanol–water partition coefficient (Wildman–Crippen LogP) is 2.77. The first kappa shape index (κ1) is 14.6. The summed E-state index contributed by atoms with van der Waals surface area (Å²) in [5, 5.41) is 9.69. The maximum atomic E-state index is 12.6. The van der Waals surface area contributed by atoms with Crippen LogP contribution in [0.2, 0.25) is 0 Å². The highest BCUT2D eigenvalue weighted by Crippen LogP contribution is 2.36. The molecule has 0 aromatic carbocycles. The summed E-state index contributed by atoms with van der Waals surface area (Å²) in [6, 6.07) is 0. The van der Waals surface area contributed by atoms with Crippen molar-refractivity contribution in [3.63, 3.8) is 0 Å². The van der Waals surface area contributed by atoms with Gasteiger partial charge in [0.2, 0.25) is 0 Å². The minimum atomic E-state index is -4.08. The van der Waals surface area contributed by atoms with Crippen LogP contribution < -0.4 is 4.90 Å². The lowest BCUT2D eigenvalue weighted by molar-refractivity contribution is -0.179. The molecule has 1 saturated heterocycles. The minimum absolute atomic E-state index is 0.0418. The number of thiazole rings is 1. The van der Waals surface area contributed by atoms with Crippen molar-refractivity contribution in [1.29, 1.82) is 0 Å². The minimum Gasteiger partial charge on any atom is -0.396 e. The Kier molecular flexibility index (Phi) is 4.35. The van der Waals surface area contributed by atoms with Crippen molar-refractivity contribution < 1.29 is 18.3 Å². The third-order valence-electron chi connectivity index (χ3n) is 3.46. The van der Waals surface area contributed by atoms with E-state index in [1.807, 2.05) is 11.8 Å². The zero-order chi connectivity index (χ0) is 14.0. The average Bonchev–Trinajstić information content (AvgIpc) is 2.71. The van der Waals surface area contributed by atoms with Gasteiger partial charge >= 0.3 is 6.18 Å². The molecule has 3 nitrogen and oxygen atoms in total. The van der Waals surface area contributed by atoms with Crippen molar-refractivity contribution >= 4 is 16.5 Å². The van der Waals surface area contributed by atoms with E-state index in [2.05, 4.69) is 4.98 Å². The molecule has 1 aliphatic heterocycles. The zero-order valence-corrected chi connectivity index (χ0v) is 11.5. The number of aliphatic hydroxyl groups is 1. The van der Waals surface area contributed by atoms with Crippen molar-refractivity contribution in [2.75, 3.05) is 24.6 Å². The quantitative estimate of drug-likeness (QED) is 0.931. The number of hydrogen-bond acceptors (Lipinski definition) is 4. The van der Waals surface area contributed by atoms with Crippen LogP contribution in [0.15, 0.2) is 0 Å². The third-order valence-corrected chi connectivity index (χ3v) is 4.53.